The van der Waals surface area contributed by atoms with E-state index in [0.717, 1.165) is 0 Å². The Morgan fingerprint density at radius 1 is 0.571 bits per heavy atom. The smallest absolute Gasteiger partial charge is 0.312 e. The van der Waals surface area contributed by atoms with Gasteiger partial charge < -0.3 is 14.8 Å². The Labute approximate surface area is 111 Å². The van der Waals surface area contributed by atoms with Crippen molar-refractivity contribution in [3.05, 3.63) is 0 Å². The van der Waals surface area contributed by atoms with Crippen LogP contribution in [-0.4, -0.2) is 50.9 Å². The van der Waals surface area contributed by atoms with Gasteiger partial charge in [0.1, 0.15) is 0 Å². The first kappa shape index (κ1) is 20.2. The summed E-state index contributed by atoms with van der Waals surface area (Å²) in [7, 11) is 0. The summed E-state index contributed by atoms with van der Waals surface area (Å²) in [5, 5.41) is 1.98. The molecule has 0 radical (unpaired) electrons. The number of hydrogen-bond acceptors (Lipinski definition) is 3. The lowest BCUT2D eigenvalue weighted by atomic mass is 10.5. The van der Waals surface area contributed by atoms with Gasteiger partial charge in [0.15, 0.2) is 0 Å². The molecule has 0 aromatic rings. The SMILES string of the molecule is FC(F)(F)C(F)(F)OCCNCCOC(F)(F)C(F)(F)F. The average Bonchev–Trinajstić information content (AvgIpc) is 2.24. The molecule has 0 aromatic heterocycles. The Morgan fingerprint density at radius 3 is 1.10 bits per heavy atom. The van der Waals surface area contributed by atoms with Crippen molar-refractivity contribution in [1.82, 2.24) is 5.32 Å². The van der Waals surface area contributed by atoms with E-state index < -0.39 is 50.9 Å². The van der Waals surface area contributed by atoms with Crippen molar-refractivity contribution in [3.8, 4) is 0 Å². The van der Waals surface area contributed by atoms with Crippen LogP contribution in [-0.2, 0) is 9.47 Å². The van der Waals surface area contributed by atoms with Crippen LogP contribution < -0.4 is 5.32 Å². The molecule has 0 rings (SSSR count). The molecule has 21 heavy (non-hydrogen) atoms. The Bertz CT molecular complexity index is 283. The van der Waals surface area contributed by atoms with Crippen LogP contribution in [0.4, 0.5) is 43.9 Å². The number of halogens is 10. The quantitative estimate of drug-likeness (QED) is 0.544. The molecule has 13 heteroatoms. The highest BCUT2D eigenvalue weighted by Gasteiger charge is 2.60. The van der Waals surface area contributed by atoms with Gasteiger partial charge in [0.05, 0.1) is 13.2 Å². The average molecular weight is 341 g/mol. The topological polar surface area (TPSA) is 30.5 Å². The number of nitrogens with one attached hydrogen (secondary N) is 1. The van der Waals surface area contributed by atoms with Crippen molar-refractivity contribution in [3.63, 3.8) is 0 Å². The molecule has 0 unspecified atom stereocenters. The molecule has 3 nitrogen and oxygen atoms in total. The molecule has 0 aliphatic heterocycles. The van der Waals surface area contributed by atoms with E-state index in [1.165, 1.54) is 0 Å². The number of rotatable bonds is 8. The van der Waals surface area contributed by atoms with Gasteiger partial charge >= 0.3 is 24.6 Å². The zero-order valence-corrected chi connectivity index (χ0v) is 9.92. The van der Waals surface area contributed by atoms with Crippen LogP contribution in [0.15, 0.2) is 0 Å². The van der Waals surface area contributed by atoms with Crippen LogP contribution in [0.2, 0.25) is 0 Å². The fourth-order valence-electron chi connectivity index (χ4n) is 0.791. The lowest BCUT2D eigenvalue weighted by molar-refractivity contribution is -0.391. The molecule has 0 aromatic carbocycles. The molecule has 0 aliphatic rings. The third kappa shape index (κ3) is 6.65. The summed E-state index contributed by atoms with van der Waals surface area (Å²) in [5.74, 6) is 0. The molecule has 0 spiro atoms. The lowest BCUT2D eigenvalue weighted by Crippen LogP contribution is -2.42. The first-order chi connectivity index (χ1) is 9.21. The van der Waals surface area contributed by atoms with Gasteiger partial charge in [0.2, 0.25) is 0 Å². The second-order valence-corrected chi connectivity index (χ2v) is 3.48. The Hall–Kier alpha value is -0.820. The van der Waals surface area contributed by atoms with E-state index in [9.17, 15) is 43.9 Å². The molecular weight excluding hydrogens is 332 g/mol. The van der Waals surface area contributed by atoms with E-state index in [4.69, 9.17) is 0 Å². The second kappa shape index (κ2) is 6.96. The number of alkyl halides is 10. The summed E-state index contributed by atoms with van der Waals surface area (Å²) >= 11 is 0. The summed E-state index contributed by atoms with van der Waals surface area (Å²) < 4.78 is 125. The van der Waals surface area contributed by atoms with Gasteiger partial charge in [-0.25, -0.2) is 0 Å². The van der Waals surface area contributed by atoms with Gasteiger partial charge in [-0.15, -0.1) is 0 Å². The summed E-state index contributed by atoms with van der Waals surface area (Å²) in [4.78, 5) is 0. The number of ether oxygens (including phenoxy) is 2. The highest BCUT2D eigenvalue weighted by molar-refractivity contribution is 4.65. The molecule has 0 saturated heterocycles. The second-order valence-electron chi connectivity index (χ2n) is 3.48. The van der Waals surface area contributed by atoms with Crippen LogP contribution in [0.5, 0.6) is 0 Å². The largest absolute Gasteiger partial charge is 0.482 e. The highest BCUT2D eigenvalue weighted by Crippen LogP contribution is 2.36. The third-order valence-electron chi connectivity index (χ3n) is 1.78. The van der Waals surface area contributed by atoms with E-state index >= 15 is 0 Å². The fraction of sp³-hybridized carbons (Fsp3) is 1.00. The van der Waals surface area contributed by atoms with Crippen LogP contribution in [0.3, 0.4) is 0 Å². The maximum absolute atomic E-state index is 12.2. The van der Waals surface area contributed by atoms with Crippen molar-refractivity contribution >= 4 is 0 Å². The summed E-state index contributed by atoms with van der Waals surface area (Å²) in [5.41, 5.74) is 0. The van der Waals surface area contributed by atoms with E-state index in [1.54, 1.807) is 0 Å². The zero-order valence-electron chi connectivity index (χ0n) is 9.92. The molecule has 0 heterocycles. The monoisotopic (exact) mass is 341 g/mol. The lowest BCUT2D eigenvalue weighted by Gasteiger charge is -2.20. The molecule has 0 fully saturated rings. The molecular formula is C8H9F10NO2. The Morgan fingerprint density at radius 2 is 0.857 bits per heavy atom. The van der Waals surface area contributed by atoms with Crippen molar-refractivity contribution in [2.45, 2.75) is 24.6 Å². The predicted octanol–water partition coefficient (Wildman–Crippen LogP) is 2.92. The van der Waals surface area contributed by atoms with E-state index in [2.05, 4.69) is 9.47 Å². The summed E-state index contributed by atoms with van der Waals surface area (Å²) in [6, 6.07) is 0. The highest BCUT2D eigenvalue weighted by atomic mass is 19.4. The predicted molar refractivity (Wildman–Crippen MR) is 46.8 cm³/mol. The van der Waals surface area contributed by atoms with E-state index in [-0.39, 0.29) is 0 Å². The maximum Gasteiger partial charge on any atom is 0.482 e. The first-order valence-corrected chi connectivity index (χ1v) is 5.08. The first-order valence-electron chi connectivity index (χ1n) is 5.08. The van der Waals surface area contributed by atoms with Crippen LogP contribution in [0, 0.1) is 0 Å². The van der Waals surface area contributed by atoms with Gasteiger partial charge in [-0.05, 0) is 0 Å². The maximum atomic E-state index is 12.2. The Kier molecular flexibility index (Phi) is 6.69. The summed E-state index contributed by atoms with van der Waals surface area (Å²) in [6.07, 6.45) is -22.6. The molecule has 0 aliphatic carbocycles. The molecule has 1 N–H and O–H groups in total. The molecule has 128 valence electrons. The molecule has 0 saturated carbocycles. The van der Waals surface area contributed by atoms with E-state index in [1.807, 2.05) is 5.32 Å². The minimum Gasteiger partial charge on any atom is -0.312 e. The Balaban J connectivity index is 3.81. The molecule has 0 bridgehead atoms. The normalized spacial score (nSPS) is 14.6. The van der Waals surface area contributed by atoms with Gasteiger partial charge in [0, 0.05) is 13.1 Å². The zero-order chi connectivity index (χ0) is 16.9. The van der Waals surface area contributed by atoms with E-state index in [0.29, 0.717) is 0 Å². The van der Waals surface area contributed by atoms with Gasteiger partial charge in [-0.1, -0.05) is 0 Å². The fourth-order valence-corrected chi connectivity index (χ4v) is 0.791. The van der Waals surface area contributed by atoms with Gasteiger partial charge in [0.25, 0.3) is 0 Å². The van der Waals surface area contributed by atoms with Gasteiger partial charge in [-0.3, -0.25) is 0 Å². The summed E-state index contributed by atoms with van der Waals surface area (Å²) in [6.45, 7) is -3.59. The standard InChI is InChI=1S/C8H9F10NO2/c9-5(10,11)7(15,16)20-3-1-19-2-4-21-8(17,18)6(12,13)14/h19H,1-4H2. The van der Waals surface area contributed by atoms with Crippen LogP contribution in [0.1, 0.15) is 0 Å². The minimum atomic E-state index is -5.91. The van der Waals surface area contributed by atoms with Crippen LogP contribution >= 0.6 is 0 Å². The van der Waals surface area contributed by atoms with Crippen molar-refractivity contribution in [1.29, 1.82) is 0 Å². The van der Waals surface area contributed by atoms with Crippen molar-refractivity contribution < 1.29 is 53.4 Å². The van der Waals surface area contributed by atoms with Crippen molar-refractivity contribution in [2.75, 3.05) is 26.3 Å². The molecule has 0 amide bonds. The van der Waals surface area contributed by atoms with Gasteiger partial charge in [-0.2, -0.15) is 43.9 Å². The van der Waals surface area contributed by atoms with Crippen molar-refractivity contribution in [2.24, 2.45) is 0 Å². The number of hydrogen-bond donors (Lipinski definition) is 1. The third-order valence-corrected chi connectivity index (χ3v) is 1.78. The minimum absolute atomic E-state index is 0.646. The van der Waals surface area contributed by atoms with Crippen LogP contribution in [0.25, 0.3) is 0 Å². The molecule has 0 atom stereocenters.